The third-order valence-electron chi connectivity index (χ3n) is 5.84. The Balaban J connectivity index is 1.59. The number of halogens is 1. The maximum absolute atomic E-state index is 6.43. The summed E-state index contributed by atoms with van der Waals surface area (Å²) in [6.07, 6.45) is 4.17. The van der Waals surface area contributed by atoms with Gasteiger partial charge in [-0.2, -0.15) is 14.5 Å². The van der Waals surface area contributed by atoms with Crippen LogP contribution in [-0.4, -0.2) is 68.9 Å². The molecule has 8 heteroatoms. The van der Waals surface area contributed by atoms with Crippen molar-refractivity contribution in [2.75, 3.05) is 20.0 Å². The van der Waals surface area contributed by atoms with Gasteiger partial charge in [0.05, 0.1) is 25.5 Å². The molecule has 3 heterocycles. The third-order valence-corrected chi connectivity index (χ3v) is 6.05. The van der Waals surface area contributed by atoms with Crippen LogP contribution in [0.5, 0.6) is 0 Å². The summed E-state index contributed by atoms with van der Waals surface area (Å²) in [6, 6.07) is 0. The summed E-state index contributed by atoms with van der Waals surface area (Å²) in [7, 11) is 0. The van der Waals surface area contributed by atoms with Crippen LogP contribution in [0.25, 0.3) is 0 Å². The lowest BCUT2D eigenvalue weighted by molar-refractivity contribution is -0.333. The summed E-state index contributed by atoms with van der Waals surface area (Å²) < 4.78 is 1.72. The first-order valence-corrected chi connectivity index (χ1v) is 11.3. The summed E-state index contributed by atoms with van der Waals surface area (Å²) in [5, 5.41) is 11.3. The highest BCUT2D eigenvalue weighted by Crippen LogP contribution is 2.33. The van der Waals surface area contributed by atoms with Gasteiger partial charge in [-0.15, -0.1) is 0 Å². The van der Waals surface area contributed by atoms with Gasteiger partial charge in [-0.25, -0.2) is 0 Å². The van der Waals surface area contributed by atoms with Crippen molar-refractivity contribution in [3.8, 4) is 0 Å². The molecule has 3 fully saturated rings. The van der Waals surface area contributed by atoms with E-state index in [0.29, 0.717) is 20.0 Å². The second kappa shape index (κ2) is 8.17. The molecule has 170 valence electrons. The van der Waals surface area contributed by atoms with Crippen molar-refractivity contribution in [2.45, 2.75) is 115 Å². The Bertz CT molecular complexity index is 503. The maximum Gasteiger partial charge on any atom is 0.103 e. The van der Waals surface area contributed by atoms with Crippen LogP contribution >= 0.6 is 11.8 Å². The predicted molar refractivity (Wildman–Crippen MR) is 117 cm³/mol. The predicted octanol–water partition coefficient (Wildman–Crippen LogP) is 3.41. The highest BCUT2D eigenvalue weighted by molar-refractivity contribution is 6.13. The molecule has 3 saturated heterocycles. The van der Waals surface area contributed by atoms with E-state index in [-0.39, 0.29) is 34.4 Å². The number of nitrogens with zero attached hydrogens (tertiary/aromatic N) is 3. The van der Waals surface area contributed by atoms with Crippen molar-refractivity contribution < 1.29 is 9.68 Å². The van der Waals surface area contributed by atoms with Crippen molar-refractivity contribution >= 4 is 11.8 Å². The van der Waals surface area contributed by atoms with E-state index in [9.17, 15) is 0 Å². The molecule has 7 nitrogen and oxygen atoms in total. The van der Waals surface area contributed by atoms with Crippen LogP contribution in [0.2, 0.25) is 0 Å². The van der Waals surface area contributed by atoms with E-state index in [1.165, 1.54) is 0 Å². The topological polar surface area (TPSA) is 52.2 Å². The van der Waals surface area contributed by atoms with E-state index in [0.717, 1.165) is 25.7 Å². The number of hydrogen-bond acceptors (Lipinski definition) is 7. The second-order valence-corrected chi connectivity index (χ2v) is 12.4. The number of rotatable bonds is 4. The van der Waals surface area contributed by atoms with Gasteiger partial charge in [-0.05, 0) is 92.8 Å². The fourth-order valence-corrected chi connectivity index (χ4v) is 6.05. The molecule has 0 amide bonds. The molecule has 0 aliphatic carbocycles. The van der Waals surface area contributed by atoms with E-state index in [1.54, 1.807) is 4.42 Å². The summed E-state index contributed by atoms with van der Waals surface area (Å²) in [6.45, 7) is 19.6. The van der Waals surface area contributed by atoms with Crippen molar-refractivity contribution in [1.82, 2.24) is 25.2 Å². The first-order valence-electron chi connectivity index (χ1n) is 11.0. The number of nitrogens with one attached hydrogen (secondary N) is 2. The van der Waals surface area contributed by atoms with E-state index < -0.39 is 0 Å². The molecule has 29 heavy (non-hydrogen) atoms. The smallest absolute Gasteiger partial charge is 0.103 e. The molecule has 2 N–H and O–H groups in total. The van der Waals surface area contributed by atoms with Crippen LogP contribution < -0.4 is 10.6 Å². The monoisotopic (exact) mass is 431 g/mol. The molecule has 0 bridgehead atoms. The zero-order valence-corrected chi connectivity index (χ0v) is 20.4. The van der Waals surface area contributed by atoms with Gasteiger partial charge in [0.25, 0.3) is 0 Å². The van der Waals surface area contributed by atoms with Crippen LogP contribution in [0.4, 0.5) is 0 Å². The number of hydroxylamine groups is 4. The summed E-state index contributed by atoms with van der Waals surface area (Å²) in [4.78, 5) is 12.8. The van der Waals surface area contributed by atoms with Gasteiger partial charge < -0.3 is 10.6 Å². The Morgan fingerprint density at radius 1 is 0.621 bits per heavy atom. The average molecular weight is 432 g/mol. The molecule has 3 aliphatic heterocycles. The van der Waals surface area contributed by atoms with Gasteiger partial charge in [0.15, 0.2) is 0 Å². The van der Waals surface area contributed by atoms with Crippen molar-refractivity contribution in [1.29, 1.82) is 0 Å². The molecule has 0 aromatic rings. The molecular weight excluding hydrogens is 390 g/mol. The molecular formula is C21H42ClN5O2. The second-order valence-electron chi connectivity index (χ2n) is 11.9. The highest BCUT2D eigenvalue weighted by atomic mass is 35.5. The Kier molecular flexibility index (Phi) is 6.67. The molecule has 3 rings (SSSR count). The minimum atomic E-state index is 0.0469. The molecule has 3 aliphatic rings. The van der Waals surface area contributed by atoms with Gasteiger partial charge in [0, 0.05) is 22.2 Å². The summed E-state index contributed by atoms with van der Waals surface area (Å²) >= 11 is 6.43. The molecule has 0 aromatic heterocycles. The lowest BCUT2D eigenvalue weighted by Crippen LogP contribution is -2.62. The van der Waals surface area contributed by atoms with Gasteiger partial charge >= 0.3 is 0 Å². The minimum absolute atomic E-state index is 0.0469. The van der Waals surface area contributed by atoms with Crippen LogP contribution in [0.15, 0.2) is 0 Å². The van der Waals surface area contributed by atoms with Crippen LogP contribution in [0, 0.1) is 0 Å². The fraction of sp³-hybridized carbons (Fsp3) is 1.00. The Labute approximate surface area is 182 Å². The maximum atomic E-state index is 6.43. The first kappa shape index (κ1) is 23.7. The average Bonchev–Trinajstić information content (AvgIpc) is 2.38. The third kappa shape index (κ3) is 7.01. The largest absolute Gasteiger partial charge is 0.307 e. The Morgan fingerprint density at radius 3 is 1.24 bits per heavy atom. The fourth-order valence-electron chi connectivity index (χ4n) is 5.81. The summed E-state index contributed by atoms with van der Waals surface area (Å²) in [5.74, 6) is 0. The van der Waals surface area contributed by atoms with Gasteiger partial charge in [0.1, 0.15) is 6.67 Å². The minimum Gasteiger partial charge on any atom is -0.307 e. The standard InChI is InChI=1S/C21H42ClN5O2/c1-18(2)9-16(10-19(3,4)23-18)28-26-13-25(22)14-27(15-26)29-17-11-20(5,6)24-21(7,8)12-17/h16-17,23-24H,9-15H2,1-8H3. The molecule has 0 spiro atoms. The first-order chi connectivity index (χ1) is 13.1. The van der Waals surface area contributed by atoms with E-state index >= 15 is 0 Å². The van der Waals surface area contributed by atoms with Crippen LogP contribution in [0.3, 0.4) is 0 Å². The molecule has 0 unspecified atom stereocenters. The normalized spacial score (nSPS) is 31.8. The lowest BCUT2D eigenvalue weighted by atomic mass is 9.81. The zero-order chi connectivity index (χ0) is 21.7. The van der Waals surface area contributed by atoms with Crippen molar-refractivity contribution in [3.63, 3.8) is 0 Å². The zero-order valence-electron chi connectivity index (χ0n) is 19.6. The van der Waals surface area contributed by atoms with Crippen molar-refractivity contribution in [2.24, 2.45) is 0 Å². The van der Waals surface area contributed by atoms with Gasteiger partial charge in [0.2, 0.25) is 0 Å². The molecule has 0 atom stereocenters. The Morgan fingerprint density at radius 2 is 0.931 bits per heavy atom. The summed E-state index contributed by atoms with van der Waals surface area (Å²) in [5.41, 5.74) is 0.188. The van der Waals surface area contributed by atoms with E-state index in [2.05, 4.69) is 66.0 Å². The van der Waals surface area contributed by atoms with Crippen molar-refractivity contribution in [3.05, 3.63) is 0 Å². The van der Waals surface area contributed by atoms with Crippen LogP contribution in [0.1, 0.15) is 81.1 Å². The molecule has 0 radical (unpaired) electrons. The van der Waals surface area contributed by atoms with Gasteiger partial charge in [-0.1, -0.05) is 0 Å². The van der Waals surface area contributed by atoms with E-state index in [4.69, 9.17) is 21.5 Å². The van der Waals surface area contributed by atoms with Crippen LogP contribution in [-0.2, 0) is 9.68 Å². The quantitative estimate of drug-likeness (QED) is 0.661. The number of piperidine rings is 2. The SMILES string of the molecule is CC1(C)CC(ON2CN(Cl)CN(OC3CC(C)(C)NC(C)(C)C3)C2)CC(C)(C)N1. The van der Waals surface area contributed by atoms with Gasteiger partial charge in [-0.3, -0.25) is 9.68 Å². The molecule has 0 saturated carbocycles. The Hall–Kier alpha value is 0.01000. The van der Waals surface area contributed by atoms with E-state index in [1.807, 2.05) is 10.1 Å². The molecule has 0 aromatic carbocycles. The lowest BCUT2D eigenvalue weighted by Gasteiger charge is -2.49. The highest BCUT2D eigenvalue weighted by Gasteiger charge is 2.42. The number of hydrogen-bond donors (Lipinski definition) is 2.